The van der Waals surface area contributed by atoms with Crippen LogP contribution in [0.4, 0.5) is 0 Å². The molecule has 71 valence electrons. The van der Waals surface area contributed by atoms with E-state index in [9.17, 15) is 4.79 Å². The molecule has 0 aliphatic heterocycles. The van der Waals surface area contributed by atoms with Crippen molar-refractivity contribution in [3.8, 4) is 0 Å². The first-order valence-electron chi connectivity index (χ1n) is 4.35. The number of aromatic nitrogens is 2. The summed E-state index contributed by atoms with van der Waals surface area (Å²) in [6.07, 6.45) is 4.55. The van der Waals surface area contributed by atoms with Crippen LogP contribution in [0.15, 0.2) is 6.20 Å². The van der Waals surface area contributed by atoms with Crippen LogP contribution in [0.5, 0.6) is 0 Å². The van der Waals surface area contributed by atoms with E-state index in [1.807, 2.05) is 18.4 Å². The second-order valence-corrected chi connectivity index (χ2v) is 2.94. The summed E-state index contributed by atoms with van der Waals surface area (Å²) in [4.78, 5) is 14.9. The van der Waals surface area contributed by atoms with Crippen molar-refractivity contribution < 1.29 is 4.79 Å². The molecule has 1 aromatic rings. The van der Waals surface area contributed by atoms with Gasteiger partial charge in [-0.05, 0) is 13.8 Å². The van der Waals surface area contributed by atoms with Crippen LogP contribution in [0.1, 0.15) is 32.6 Å². The number of rotatable bonds is 3. The van der Waals surface area contributed by atoms with Crippen LogP contribution in [0, 0.1) is 6.20 Å². The van der Waals surface area contributed by atoms with Crippen molar-refractivity contribution in [2.24, 2.45) is 0 Å². The Morgan fingerprint density at radius 3 is 3.08 bits per heavy atom. The van der Waals surface area contributed by atoms with E-state index >= 15 is 0 Å². The molecule has 4 nitrogen and oxygen atoms in total. The Labute approximate surface area is 78.0 Å². The van der Waals surface area contributed by atoms with Crippen molar-refractivity contribution in [3.05, 3.63) is 18.2 Å². The molecule has 0 spiro atoms. The zero-order chi connectivity index (χ0) is 9.84. The lowest BCUT2D eigenvalue weighted by molar-refractivity contribution is -0.119. The van der Waals surface area contributed by atoms with Gasteiger partial charge in [0.2, 0.25) is 5.91 Å². The number of hydrogen-bond donors (Lipinski definition) is 1. The van der Waals surface area contributed by atoms with Gasteiger partial charge in [0.1, 0.15) is 12.0 Å². The van der Waals surface area contributed by atoms with Gasteiger partial charge < -0.3 is 9.88 Å². The minimum absolute atomic E-state index is 0.0434. The number of carbonyl (C=O) groups is 1. The minimum atomic E-state index is -0.0521. The molecule has 1 radical (unpaired) electrons. The Hall–Kier alpha value is -1.32. The van der Waals surface area contributed by atoms with E-state index < -0.39 is 0 Å². The van der Waals surface area contributed by atoms with Gasteiger partial charge in [-0.25, -0.2) is 4.98 Å². The Morgan fingerprint density at radius 2 is 2.54 bits per heavy atom. The van der Waals surface area contributed by atoms with E-state index in [0.29, 0.717) is 0 Å². The molecular weight excluding hydrogens is 166 g/mol. The van der Waals surface area contributed by atoms with Crippen molar-refractivity contribution in [1.82, 2.24) is 14.9 Å². The molecule has 0 bridgehead atoms. The maximum Gasteiger partial charge on any atom is 0.217 e. The van der Waals surface area contributed by atoms with Gasteiger partial charge in [0.05, 0.1) is 6.04 Å². The molecule has 1 N–H and O–H groups in total. The predicted octanol–water partition coefficient (Wildman–Crippen LogP) is 0.900. The Morgan fingerprint density at radius 1 is 1.85 bits per heavy atom. The summed E-state index contributed by atoms with van der Waals surface area (Å²) >= 11 is 0. The molecule has 0 aliphatic carbocycles. The van der Waals surface area contributed by atoms with Gasteiger partial charge in [-0.2, -0.15) is 0 Å². The molecule has 13 heavy (non-hydrogen) atoms. The van der Waals surface area contributed by atoms with Crippen molar-refractivity contribution in [3.63, 3.8) is 0 Å². The largest absolute Gasteiger partial charge is 0.347 e. The van der Waals surface area contributed by atoms with Crippen LogP contribution >= 0.6 is 0 Å². The first-order valence-corrected chi connectivity index (χ1v) is 4.35. The number of nitrogens with one attached hydrogen (secondary N) is 1. The Balaban J connectivity index is 2.75. The molecule has 1 rings (SSSR count). The molecule has 1 unspecified atom stereocenters. The summed E-state index contributed by atoms with van der Waals surface area (Å²) in [6, 6.07) is -0.0521. The van der Waals surface area contributed by atoms with E-state index in [1.165, 1.54) is 6.92 Å². The maximum atomic E-state index is 10.8. The predicted molar refractivity (Wildman–Crippen MR) is 49.0 cm³/mol. The van der Waals surface area contributed by atoms with Gasteiger partial charge in [-0.1, -0.05) is 0 Å². The highest BCUT2D eigenvalue weighted by molar-refractivity contribution is 5.73. The lowest BCUT2D eigenvalue weighted by Crippen LogP contribution is -2.26. The molecule has 4 heteroatoms. The number of hydrogen-bond acceptors (Lipinski definition) is 2. The SMILES string of the molecule is CCn1c[c]nc1C(C)NC(C)=O. The average molecular weight is 180 g/mol. The molecule has 0 fully saturated rings. The van der Waals surface area contributed by atoms with Crippen LogP contribution in [-0.2, 0) is 11.3 Å². The molecule has 0 saturated heterocycles. The van der Waals surface area contributed by atoms with E-state index in [0.717, 1.165) is 12.4 Å². The van der Waals surface area contributed by atoms with Crippen LogP contribution < -0.4 is 5.32 Å². The van der Waals surface area contributed by atoms with Crippen LogP contribution in [0.25, 0.3) is 0 Å². The minimum Gasteiger partial charge on any atom is -0.347 e. The number of amides is 1. The smallest absolute Gasteiger partial charge is 0.217 e. The lowest BCUT2D eigenvalue weighted by Gasteiger charge is -2.13. The van der Waals surface area contributed by atoms with Gasteiger partial charge in [-0.15, -0.1) is 0 Å². The summed E-state index contributed by atoms with van der Waals surface area (Å²) in [5, 5.41) is 2.78. The third kappa shape index (κ3) is 2.31. The fourth-order valence-electron chi connectivity index (χ4n) is 1.26. The van der Waals surface area contributed by atoms with Crippen molar-refractivity contribution in [2.45, 2.75) is 33.4 Å². The zero-order valence-corrected chi connectivity index (χ0v) is 8.16. The summed E-state index contributed by atoms with van der Waals surface area (Å²) in [7, 11) is 0. The maximum absolute atomic E-state index is 10.8. The quantitative estimate of drug-likeness (QED) is 0.751. The Kier molecular flexibility index (Phi) is 3.06. The average Bonchev–Trinajstić information content (AvgIpc) is 2.49. The standard InChI is InChI=1S/C9H14N3O/c1-4-12-6-5-10-9(12)7(2)11-8(3)13/h6-7H,4H2,1-3H3,(H,11,13). The van der Waals surface area contributed by atoms with Crippen LogP contribution in [0.3, 0.4) is 0 Å². The van der Waals surface area contributed by atoms with Gasteiger partial charge in [0.25, 0.3) is 0 Å². The third-order valence-electron chi connectivity index (χ3n) is 1.83. The van der Waals surface area contributed by atoms with Crippen LogP contribution in [-0.4, -0.2) is 15.5 Å². The van der Waals surface area contributed by atoms with Gasteiger partial charge >= 0.3 is 0 Å². The first-order chi connectivity index (χ1) is 6.15. The van der Waals surface area contributed by atoms with Crippen molar-refractivity contribution >= 4 is 5.91 Å². The first kappa shape index (κ1) is 9.77. The lowest BCUT2D eigenvalue weighted by atomic mass is 10.3. The van der Waals surface area contributed by atoms with E-state index in [2.05, 4.69) is 16.5 Å². The number of aryl methyl sites for hydroxylation is 1. The molecule has 0 aliphatic rings. The van der Waals surface area contributed by atoms with Crippen LogP contribution in [0.2, 0.25) is 0 Å². The molecule has 1 amide bonds. The van der Waals surface area contributed by atoms with Gasteiger partial charge in [0.15, 0.2) is 0 Å². The fourth-order valence-corrected chi connectivity index (χ4v) is 1.26. The van der Waals surface area contributed by atoms with E-state index in [4.69, 9.17) is 0 Å². The summed E-state index contributed by atoms with van der Waals surface area (Å²) < 4.78 is 1.96. The summed E-state index contributed by atoms with van der Waals surface area (Å²) in [5.41, 5.74) is 0. The van der Waals surface area contributed by atoms with Crippen molar-refractivity contribution in [2.75, 3.05) is 0 Å². The topological polar surface area (TPSA) is 46.9 Å². The molecule has 0 saturated carbocycles. The van der Waals surface area contributed by atoms with Gasteiger partial charge in [0, 0.05) is 19.7 Å². The second-order valence-electron chi connectivity index (χ2n) is 2.94. The highest BCUT2D eigenvalue weighted by Gasteiger charge is 2.11. The fraction of sp³-hybridized carbons (Fsp3) is 0.556. The zero-order valence-electron chi connectivity index (χ0n) is 8.16. The third-order valence-corrected chi connectivity index (χ3v) is 1.83. The van der Waals surface area contributed by atoms with Crippen molar-refractivity contribution in [1.29, 1.82) is 0 Å². The highest BCUT2D eigenvalue weighted by atomic mass is 16.1. The van der Waals surface area contributed by atoms with Gasteiger partial charge in [-0.3, -0.25) is 4.79 Å². The highest BCUT2D eigenvalue weighted by Crippen LogP contribution is 2.08. The second kappa shape index (κ2) is 4.07. The molecule has 1 heterocycles. The number of nitrogens with zero attached hydrogens (tertiary/aromatic N) is 2. The monoisotopic (exact) mass is 180 g/mol. The Bertz CT molecular complexity index is 293. The summed E-state index contributed by atoms with van der Waals surface area (Å²) in [6.45, 7) is 6.28. The number of imidazole rings is 1. The molecule has 1 aromatic heterocycles. The molecule has 0 aromatic carbocycles. The normalized spacial score (nSPS) is 12.5. The summed E-state index contributed by atoms with van der Waals surface area (Å²) in [5.74, 6) is 0.802. The molecule has 1 atom stereocenters. The number of carbonyl (C=O) groups excluding carboxylic acids is 1. The molecular formula is C9H14N3O. The van der Waals surface area contributed by atoms with E-state index in [1.54, 1.807) is 6.20 Å². The van der Waals surface area contributed by atoms with E-state index in [-0.39, 0.29) is 11.9 Å².